The van der Waals surface area contributed by atoms with Gasteiger partial charge in [-0.05, 0) is 65.8 Å². The van der Waals surface area contributed by atoms with Crippen LogP contribution in [0.25, 0.3) is 11.1 Å². The average molecular weight is 341 g/mol. The zero-order chi connectivity index (χ0) is 17.3. The van der Waals surface area contributed by atoms with Crippen LogP contribution in [0.1, 0.15) is 48.8 Å². The van der Waals surface area contributed by atoms with Crippen molar-refractivity contribution in [3.63, 3.8) is 0 Å². The molecular weight excluding hydrogens is 320 g/mol. The normalized spacial score (nSPS) is 15.8. The van der Waals surface area contributed by atoms with Gasteiger partial charge < -0.3 is 0 Å². The van der Waals surface area contributed by atoms with Gasteiger partial charge in [0.05, 0.1) is 0 Å². The Morgan fingerprint density at radius 2 is 1.75 bits per heavy atom. The summed E-state index contributed by atoms with van der Waals surface area (Å²) < 4.78 is 0. The maximum absolute atomic E-state index is 12.4. The van der Waals surface area contributed by atoms with Gasteiger partial charge >= 0.3 is 0 Å². The SMILES string of the molecule is CCc1ccc(-c2ccc(Cl)cc2C)cc1C1C(=O)CCCC1=O. The predicted octanol–water partition coefficient (Wildman–Crippen LogP) is 5.28. The van der Waals surface area contributed by atoms with Crippen LogP contribution in [-0.4, -0.2) is 11.6 Å². The molecule has 124 valence electrons. The van der Waals surface area contributed by atoms with Gasteiger partial charge in [-0.15, -0.1) is 0 Å². The third kappa shape index (κ3) is 3.16. The van der Waals surface area contributed by atoms with Crippen LogP contribution in [0.5, 0.6) is 0 Å². The van der Waals surface area contributed by atoms with Gasteiger partial charge in [0.2, 0.25) is 0 Å². The molecule has 0 aromatic heterocycles. The summed E-state index contributed by atoms with van der Waals surface area (Å²) in [7, 11) is 0. The van der Waals surface area contributed by atoms with Crippen LogP contribution in [0, 0.1) is 6.92 Å². The molecule has 0 spiro atoms. The Morgan fingerprint density at radius 3 is 2.38 bits per heavy atom. The molecule has 3 rings (SSSR count). The second-order valence-electron chi connectivity index (χ2n) is 6.45. The van der Waals surface area contributed by atoms with Crippen LogP contribution in [0.4, 0.5) is 0 Å². The number of carbonyl (C=O) groups is 2. The molecule has 1 aliphatic rings. The van der Waals surface area contributed by atoms with Gasteiger partial charge in [0, 0.05) is 17.9 Å². The minimum absolute atomic E-state index is 0.0610. The first-order valence-electron chi connectivity index (χ1n) is 8.46. The van der Waals surface area contributed by atoms with Gasteiger partial charge in [0.1, 0.15) is 17.5 Å². The number of halogens is 1. The van der Waals surface area contributed by atoms with Crippen molar-refractivity contribution in [1.29, 1.82) is 0 Å². The first kappa shape index (κ1) is 16.9. The molecule has 0 heterocycles. The molecular formula is C21H21ClO2. The van der Waals surface area contributed by atoms with Crippen LogP contribution in [-0.2, 0) is 16.0 Å². The second kappa shape index (κ2) is 6.90. The van der Waals surface area contributed by atoms with Crippen LogP contribution in [0.15, 0.2) is 36.4 Å². The monoisotopic (exact) mass is 340 g/mol. The van der Waals surface area contributed by atoms with Crippen molar-refractivity contribution in [3.05, 3.63) is 58.1 Å². The van der Waals surface area contributed by atoms with E-state index in [-0.39, 0.29) is 11.6 Å². The Bertz CT molecular complexity index is 791. The smallest absolute Gasteiger partial charge is 0.147 e. The highest BCUT2D eigenvalue weighted by Crippen LogP contribution is 2.34. The number of hydrogen-bond donors (Lipinski definition) is 0. The number of benzene rings is 2. The number of ketones is 2. The summed E-state index contributed by atoms with van der Waals surface area (Å²) in [6.07, 6.45) is 2.51. The van der Waals surface area contributed by atoms with Crippen LogP contribution >= 0.6 is 11.6 Å². The molecule has 2 nitrogen and oxygen atoms in total. The Morgan fingerprint density at radius 1 is 1.04 bits per heavy atom. The van der Waals surface area contributed by atoms with E-state index in [1.165, 1.54) is 0 Å². The lowest BCUT2D eigenvalue weighted by molar-refractivity contribution is -0.131. The summed E-state index contributed by atoms with van der Waals surface area (Å²) in [6.45, 7) is 4.08. The fourth-order valence-electron chi connectivity index (χ4n) is 3.56. The van der Waals surface area contributed by atoms with E-state index in [9.17, 15) is 9.59 Å². The minimum atomic E-state index is -0.582. The van der Waals surface area contributed by atoms with Gasteiger partial charge in [-0.1, -0.05) is 36.7 Å². The molecule has 1 aliphatic carbocycles. The molecule has 0 amide bonds. The van der Waals surface area contributed by atoms with E-state index in [2.05, 4.69) is 13.0 Å². The maximum atomic E-state index is 12.4. The second-order valence-corrected chi connectivity index (χ2v) is 6.88. The molecule has 24 heavy (non-hydrogen) atoms. The Hall–Kier alpha value is -1.93. The van der Waals surface area contributed by atoms with E-state index in [4.69, 9.17) is 11.6 Å². The number of Topliss-reactive ketones (excluding diaryl/α,β-unsaturated/α-hetero) is 2. The molecule has 0 saturated heterocycles. The summed E-state index contributed by atoms with van der Waals surface area (Å²) in [5.74, 6) is -0.460. The van der Waals surface area contributed by atoms with E-state index >= 15 is 0 Å². The van der Waals surface area contributed by atoms with E-state index in [1.807, 2.05) is 37.3 Å². The van der Waals surface area contributed by atoms with Crippen LogP contribution in [0.3, 0.4) is 0 Å². The van der Waals surface area contributed by atoms with Gasteiger partial charge in [-0.2, -0.15) is 0 Å². The quantitative estimate of drug-likeness (QED) is 0.712. The van der Waals surface area contributed by atoms with Crippen molar-refractivity contribution in [1.82, 2.24) is 0 Å². The van der Waals surface area contributed by atoms with Gasteiger partial charge in [0.15, 0.2) is 0 Å². The molecule has 1 saturated carbocycles. The summed E-state index contributed by atoms with van der Waals surface area (Å²) in [5.41, 5.74) is 5.17. The first-order chi connectivity index (χ1) is 11.5. The van der Waals surface area contributed by atoms with Crippen molar-refractivity contribution in [2.24, 2.45) is 0 Å². The minimum Gasteiger partial charge on any atom is -0.299 e. The maximum Gasteiger partial charge on any atom is 0.147 e. The highest BCUT2D eigenvalue weighted by molar-refractivity contribution is 6.30. The first-order valence-corrected chi connectivity index (χ1v) is 8.84. The number of aryl methyl sites for hydroxylation is 2. The molecule has 0 N–H and O–H groups in total. The zero-order valence-electron chi connectivity index (χ0n) is 14.1. The molecule has 0 unspecified atom stereocenters. The summed E-state index contributed by atoms with van der Waals surface area (Å²) >= 11 is 6.05. The summed E-state index contributed by atoms with van der Waals surface area (Å²) in [4.78, 5) is 24.8. The summed E-state index contributed by atoms with van der Waals surface area (Å²) in [6, 6.07) is 11.9. The van der Waals surface area contributed by atoms with Crippen molar-refractivity contribution >= 4 is 23.2 Å². The molecule has 0 bridgehead atoms. The highest BCUT2D eigenvalue weighted by Gasteiger charge is 2.32. The third-order valence-electron chi connectivity index (χ3n) is 4.83. The molecule has 0 aliphatic heterocycles. The summed E-state index contributed by atoms with van der Waals surface area (Å²) in [5, 5.41) is 0.708. The van der Waals surface area contributed by atoms with Gasteiger partial charge in [0.25, 0.3) is 0 Å². The predicted molar refractivity (Wildman–Crippen MR) is 97.6 cm³/mol. The molecule has 2 aromatic carbocycles. The molecule has 2 aromatic rings. The lowest BCUT2D eigenvalue weighted by Crippen LogP contribution is -2.27. The molecule has 3 heteroatoms. The van der Waals surface area contributed by atoms with Gasteiger partial charge in [-0.3, -0.25) is 9.59 Å². The third-order valence-corrected chi connectivity index (χ3v) is 5.06. The van der Waals surface area contributed by atoms with Crippen LogP contribution < -0.4 is 0 Å². The van der Waals surface area contributed by atoms with Gasteiger partial charge in [-0.25, -0.2) is 0 Å². The number of rotatable bonds is 3. The average Bonchev–Trinajstić information content (AvgIpc) is 2.54. The largest absolute Gasteiger partial charge is 0.299 e. The zero-order valence-corrected chi connectivity index (χ0v) is 14.8. The van der Waals surface area contributed by atoms with Crippen molar-refractivity contribution in [3.8, 4) is 11.1 Å². The van der Waals surface area contributed by atoms with Crippen LogP contribution in [0.2, 0.25) is 5.02 Å². The molecule has 0 atom stereocenters. The molecule has 1 fully saturated rings. The number of hydrogen-bond acceptors (Lipinski definition) is 2. The van der Waals surface area contributed by atoms with Crippen molar-refractivity contribution < 1.29 is 9.59 Å². The fraction of sp³-hybridized carbons (Fsp3) is 0.333. The van der Waals surface area contributed by atoms with E-state index in [0.29, 0.717) is 24.3 Å². The molecule has 0 radical (unpaired) electrons. The number of carbonyl (C=O) groups excluding carboxylic acids is 2. The van der Waals surface area contributed by atoms with Crippen molar-refractivity contribution in [2.45, 2.75) is 45.4 Å². The topological polar surface area (TPSA) is 34.1 Å². The Kier molecular flexibility index (Phi) is 4.86. The van der Waals surface area contributed by atoms with Crippen molar-refractivity contribution in [2.75, 3.05) is 0 Å². The fourth-order valence-corrected chi connectivity index (χ4v) is 3.78. The lowest BCUT2D eigenvalue weighted by Gasteiger charge is -2.23. The standard InChI is InChI=1S/C21H21ClO2/c1-3-14-7-8-15(17-10-9-16(22)11-13(17)2)12-18(14)21-19(23)5-4-6-20(21)24/h7-12,21H,3-6H2,1-2H3. The Labute approximate surface area is 147 Å². The van der Waals surface area contributed by atoms with E-state index < -0.39 is 5.92 Å². The van der Waals surface area contributed by atoms with E-state index in [0.717, 1.165) is 34.2 Å². The highest BCUT2D eigenvalue weighted by atomic mass is 35.5. The Balaban J connectivity index is 2.12. The van der Waals surface area contributed by atoms with E-state index in [1.54, 1.807) is 0 Å². The lowest BCUT2D eigenvalue weighted by atomic mass is 9.78.